The number of nitrogens with one attached hydrogen (secondary N) is 2. The number of methoxy groups -OCH3 is 1. The molecule has 1 rings (SSSR count). The predicted molar refractivity (Wildman–Crippen MR) is 80.0 cm³/mol. The molecular formula is C12H16ClN3O3S. The average molecular weight is 318 g/mol. The van der Waals surface area contributed by atoms with Crippen molar-refractivity contribution in [3.63, 3.8) is 0 Å². The number of benzene rings is 1. The topological polar surface area (TPSA) is 93.5 Å². The quantitative estimate of drug-likeness (QED) is 0.420. The van der Waals surface area contributed by atoms with E-state index in [1.807, 2.05) is 0 Å². The van der Waals surface area contributed by atoms with Gasteiger partial charge in [-0.1, -0.05) is 11.6 Å². The Morgan fingerprint density at radius 2 is 2.20 bits per heavy atom. The summed E-state index contributed by atoms with van der Waals surface area (Å²) in [5.74, 6) is -0.317. The summed E-state index contributed by atoms with van der Waals surface area (Å²) < 4.78 is 4.77. The van der Waals surface area contributed by atoms with Gasteiger partial charge >= 0.3 is 6.03 Å². The minimum atomic E-state index is -0.545. The molecule has 1 aromatic carbocycles. The first-order chi connectivity index (χ1) is 9.52. The minimum Gasteiger partial charge on any atom is -0.398 e. The van der Waals surface area contributed by atoms with Crippen LogP contribution in [0.3, 0.4) is 0 Å². The maximum Gasteiger partial charge on any atom is 0.321 e. The summed E-state index contributed by atoms with van der Waals surface area (Å²) in [6.07, 6.45) is 0. The van der Waals surface area contributed by atoms with Crippen LogP contribution in [0.5, 0.6) is 0 Å². The van der Waals surface area contributed by atoms with Crippen molar-refractivity contribution in [1.29, 1.82) is 0 Å². The van der Waals surface area contributed by atoms with E-state index in [0.29, 0.717) is 23.9 Å². The molecular weight excluding hydrogens is 302 g/mol. The van der Waals surface area contributed by atoms with Crippen LogP contribution in [0.2, 0.25) is 5.02 Å². The van der Waals surface area contributed by atoms with Gasteiger partial charge in [-0.15, -0.1) is 11.8 Å². The number of nitrogen functional groups attached to an aromatic ring is 1. The molecule has 0 aromatic heterocycles. The average Bonchev–Trinajstić information content (AvgIpc) is 2.38. The molecule has 6 nitrogen and oxygen atoms in total. The van der Waals surface area contributed by atoms with E-state index in [9.17, 15) is 9.59 Å². The van der Waals surface area contributed by atoms with Crippen molar-refractivity contribution >= 4 is 41.0 Å². The van der Waals surface area contributed by atoms with Crippen LogP contribution in [0.15, 0.2) is 23.1 Å². The van der Waals surface area contributed by atoms with Crippen LogP contribution >= 0.6 is 23.4 Å². The summed E-state index contributed by atoms with van der Waals surface area (Å²) in [7, 11) is 1.53. The van der Waals surface area contributed by atoms with Crippen molar-refractivity contribution in [2.75, 3.05) is 31.7 Å². The van der Waals surface area contributed by atoms with E-state index < -0.39 is 11.9 Å². The summed E-state index contributed by atoms with van der Waals surface area (Å²) in [6.45, 7) is 0.727. The van der Waals surface area contributed by atoms with Gasteiger partial charge in [0.05, 0.1) is 12.4 Å². The minimum absolute atomic E-state index is 0.0868. The molecule has 0 fully saturated rings. The van der Waals surface area contributed by atoms with Crippen molar-refractivity contribution in [3.05, 3.63) is 23.2 Å². The Morgan fingerprint density at radius 3 is 2.85 bits per heavy atom. The van der Waals surface area contributed by atoms with Crippen molar-refractivity contribution in [2.24, 2.45) is 0 Å². The largest absolute Gasteiger partial charge is 0.398 e. The Labute approximate surface area is 126 Å². The fourth-order valence-electron chi connectivity index (χ4n) is 1.27. The lowest BCUT2D eigenvalue weighted by molar-refractivity contribution is -0.117. The molecule has 0 aliphatic heterocycles. The highest BCUT2D eigenvalue weighted by molar-refractivity contribution is 8.00. The van der Waals surface area contributed by atoms with Gasteiger partial charge < -0.3 is 15.8 Å². The smallest absolute Gasteiger partial charge is 0.321 e. The van der Waals surface area contributed by atoms with Crippen LogP contribution in [0.4, 0.5) is 10.5 Å². The third-order valence-corrected chi connectivity index (χ3v) is 3.50. The summed E-state index contributed by atoms with van der Waals surface area (Å²) in [6, 6.07) is 4.49. The van der Waals surface area contributed by atoms with Crippen LogP contribution in [0, 0.1) is 0 Å². The monoisotopic (exact) mass is 317 g/mol. The standard InChI is InChI=1S/C12H16ClN3O3S/c1-19-5-4-15-12(18)16-11(17)7-20-10-3-2-8(13)6-9(10)14/h2-3,6H,4-5,7,14H2,1H3,(H2,15,16,17,18). The van der Waals surface area contributed by atoms with Crippen molar-refractivity contribution in [3.8, 4) is 0 Å². The third kappa shape index (κ3) is 6.14. The summed E-state index contributed by atoms with van der Waals surface area (Å²) in [5, 5.41) is 5.23. The number of rotatable bonds is 6. The number of carbonyl (C=O) groups excluding carboxylic acids is 2. The zero-order chi connectivity index (χ0) is 15.0. The van der Waals surface area contributed by atoms with E-state index in [1.165, 1.54) is 18.9 Å². The van der Waals surface area contributed by atoms with Crippen LogP contribution in [-0.2, 0) is 9.53 Å². The van der Waals surface area contributed by atoms with Gasteiger partial charge in [-0.3, -0.25) is 10.1 Å². The Bertz CT molecular complexity index is 485. The highest BCUT2D eigenvalue weighted by Crippen LogP contribution is 2.27. The molecule has 1 aromatic rings. The van der Waals surface area contributed by atoms with Gasteiger partial charge in [0.1, 0.15) is 0 Å². The molecule has 110 valence electrons. The zero-order valence-corrected chi connectivity index (χ0v) is 12.5. The molecule has 3 amide bonds. The number of anilines is 1. The second-order valence-electron chi connectivity index (χ2n) is 3.77. The van der Waals surface area contributed by atoms with Crippen LogP contribution in [0.25, 0.3) is 0 Å². The Hall–Kier alpha value is -1.44. The Balaban J connectivity index is 2.34. The van der Waals surface area contributed by atoms with E-state index in [0.717, 1.165) is 4.90 Å². The first kappa shape index (κ1) is 16.6. The first-order valence-corrected chi connectivity index (χ1v) is 7.13. The molecule has 0 bridgehead atoms. The molecule has 0 radical (unpaired) electrons. The number of thioether (sulfide) groups is 1. The Morgan fingerprint density at radius 1 is 1.45 bits per heavy atom. The summed E-state index contributed by atoms with van der Waals surface area (Å²) in [4.78, 5) is 23.6. The molecule has 0 heterocycles. The number of hydrogen-bond acceptors (Lipinski definition) is 5. The maximum atomic E-state index is 11.5. The summed E-state index contributed by atoms with van der Waals surface area (Å²) in [5.41, 5.74) is 6.26. The summed E-state index contributed by atoms with van der Waals surface area (Å²) >= 11 is 7.01. The number of amides is 3. The third-order valence-electron chi connectivity index (χ3n) is 2.18. The molecule has 0 aliphatic carbocycles. The number of ether oxygens (including phenoxy) is 1. The van der Waals surface area contributed by atoms with Crippen molar-refractivity contribution in [2.45, 2.75) is 4.90 Å². The van der Waals surface area contributed by atoms with Gasteiger partial charge in [0.25, 0.3) is 0 Å². The lowest BCUT2D eigenvalue weighted by Crippen LogP contribution is -2.41. The van der Waals surface area contributed by atoms with Crippen LogP contribution in [0.1, 0.15) is 0 Å². The molecule has 0 aliphatic rings. The molecule has 0 atom stereocenters. The molecule has 8 heteroatoms. The highest BCUT2D eigenvalue weighted by Gasteiger charge is 2.09. The van der Waals surface area contributed by atoms with Gasteiger partial charge in [0.15, 0.2) is 0 Å². The van der Waals surface area contributed by atoms with Gasteiger partial charge in [-0.05, 0) is 18.2 Å². The van der Waals surface area contributed by atoms with Gasteiger partial charge in [0.2, 0.25) is 5.91 Å². The molecule has 4 N–H and O–H groups in total. The highest BCUT2D eigenvalue weighted by atomic mass is 35.5. The van der Waals surface area contributed by atoms with Crippen molar-refractivity contribution < 1.29 is 14.3 Å². The second kappa shape index (κ2) is 8.68. The van der Waals surface area contributed by atoms with E-state index in [1.54, 1.807) is 18.2 Å². The number of halogens is 1. The molecule has 0 saturated heterocycles. The maximum absolute atomic E-state index is 11.5. The van der Waals surface area contributed by atoms with E-state index in [-0.39, 0.29) is 5.75 Å². The van der Waals surface area contributed by atoms with Gasteiger partial charge in [0, 0.05) is 29.3 Å². The van der Waals surface area contributed by atoms with E-state index >= 15 is 0 Å². The van der Waals surface area contributed by atoms with E-state index in [2.05, 4.69) is 10.6 Å². The van der Waals surface area contributed by atoms with E-state index in [4.69, 9.17) is 22.1 Å². The van der Waals surface area contributed by atoms with Crippen molar-refractivity contribution in [1.82, 2.24) is 10.6 Å². The number of hydrogen-bond donors (Lipinski definition) is 3. The number of carbonyl (C=O) groups is 2. The van der Waals surface area contributed by atoms with Gasteiger partial charge in [-0.25, -0.2) is 4.79 Å². The Kier molecular flexibility index (Phi) is 7.21. The fraction of sp³-hybridized carbons (Fsp3) is 0.333. The molecule has 0 saturated carbocycles. The normalized spacial score (nSPS) is 10.1. The fourth-order valence-corrected chi connectivity index (χ4v) is 2.20. The SMILES string of the molecule is COCCNC(=O)NC(=O)CSc1ccc(Cl)cc1N. The zero-order valence-electron chi connectivity index (χ0n) is 10.9. The number of nitrogens with two attached hydrogens (primary N) is 1. The predicted octanol–water partition coefficient (Wildman–Crippen LogP) is 1.49. The van der Waals surface area contributed by atoms with Crippen LogP contribution in [-0.4, -0.2) is 38.0 Å². The lowest BCUT2D eigenvalue weighted by atomic mass is 10.3. The molecule has 0 unspecified atom stereocenters. The van der Waals surface area contributed by atoms with Gasteiger partial charge in [-0.2, -0.15) is 0 Å². The number of imide groups is 1. The molecule has 0 spiro atoms. The molecule has 20 heavy (non-hydrogen) atoms. The number of urea groups is 1. The lowest BCUT2D eigenvalue weighted by Gasteiger charge is -2.07. The van der Waals surface area contributed by atoms with Crippen LogP contribution < -0.4 is 16.4 Å². The second-order valence-corrected chi connectivity index (χ2v) is 5.22. The first-order valence-electron chi connectivity index (χ1n) is 5.77.